The van der Waals surface area contributed by atoms with Crippen molar-refractivity contribution in [3.05, 3.63) is 0 Å². The summed E-state index contributed by atoms with van der Waals surface area (Å²) in [4.78, 5) is 8.14. The normalized spacial score (nSPS) is 3.25. The molecular weight excluding hydrogens is 70.0 g/mol. The van der Waals surface area contributed by atoms with E-state index in [1.165, 1.54) is 0 Å². The molecule has 0 unspecified atom stereocenters. The van der Waals surface area contributed by atoms with Crippen molar-refractivity contribution in [2.75, 3.05) is 0 Å². The minimum absolute atomic E-state index is 0. The molecule has 0 rings (SSSR count). The van der Waals surface area contributed by atoms with E-state index in [2.05, 4.69) is 0 Å². The molecule has 0 aliphatic rings. The van der Waals surface area contributed by atoms with Crippen molar-refractivity contribution in [3.63, 3.8) is 0 Å². The van der Waals surface area contributed by atoms with E-state index >= 15 is 0 Å². The van der Waals surface area contributed by atoms with E-state index in [-0.39, 0.29) is 29.6 Å². The Bertz CT molecular complexity index is 15.5. The van der Waals surface area contributed by atoms with Crippen LogP contribution in [0.1, 0.15) is 0 Å². The van der Waals surface area contributed by atoms with Gasteiger partial charge in [-0.05, 0) is 0 Å². The van der Waals surface area contributed by atoms with Crippen LogP contribution in [0.3, 0.4) is 0 Å². The predicted molar refractivity (Wildman–Crippen MR) is 15.0 cm³/mol. The van der Waals surface area contributed by atoms with E-state index in [4.69, 9.17) is 4.79 Å². The van der Waals surface area contributed by atoms with Crippen LogP contribution >= 0.6 is 0 Å². The van der Waals surface area contributed by atoms with Gasteiger partial charge in [-0.3, -0.25) is 4.79 Å². The quantitative estimate of drug-likeness (QED) is 0.214. The molecule has 20 valence electrons. The summed E-state index contributed by atoms with van der Waals surface area (Å²) in [5.41, 5.74) is 0. The molecule has 0 spiro atoms. The van der Waals surface area contributed by atoms with E-state index in [0.29, 0.717) is 0 Å². The van der Waals surface area contributed by atoms with Crippen molar-refractivity contribution in [1.29, 1.82) is 0 Å². The Hall–Kier alpha value is 0.600. The molecule has 0 amide bonds. The van der Waals surface area contributed by atoms with Crippen LogP contribution in [-0.4, -0.2) is 36.1 Å². The van der Waals surface area contributed by atoms with Crippen LogP contribution in [0, 0.1) is 0 Å². The molecule has 0 aromatic carbocycles. The zero-order chi connectivity index (χ0) is 2.71. The van der Waals surface area contributed by atoms with Gasteiger partial charge in [-0.15, -0.1) is 0 Å². The molecule has 0 saturated heterocycles. The fraction of sp³-hybridized carbons (Fsp3) is 0. The van der Waals surface area contributed by atoms with Crippen LogP contribution in [0.15, 0.2) is 0 Å². The summed E-state index contributed by atoms with van der Waals surface area (Å²) in [7, 11) is 0. The topological polar surface area (TPSA) is 17.1 Å². The van der Waals surface area contributed by atoms with Crippen molar-refractivity contribution >= 4 is 36.1 Å². The molecule has 0 aromatic heterocycles. The molecule has 1 nitrogen and oxygen atoms in total. The summed E-state index contributed by atoms with van der Waals surface area (Å²) in [6, 6.07) is 0. The number of carbonyl (C=O) groups is 1. The SMILES string of the molecule is O=CF.[NaH]. The molecule has 0 atom stereocenters. The Balaban J connectivity index is 0. The first-order valence-electron chi connectivity index (χ1n) is 0.454. The van der Waals surface area contributed by atoms with E-state index in [9.17, 15) is 4.39 Å². The second-order valence-electron chi connectivity index (χ2n) is 0.0891. The molecular formula is CH2FNaO. The second-order valence-corrected chi connectivity index (χ2v) is 0.0891. The average molecular weight is 72.0 g/mol. The summed E-state index contributed by atoms with van der Waals surface area (Å²) in [5.74, 6) is 0. The molecule has 0 aromatic rings. The molecule has 4 heavy (non-hydrogen) atoms. The third-order valence-corrected chi connectivity index (χ3v) is 0. The van der Waals surface area contributed by atoms with Gasteiger partial charge in [0.25, 0.3) is 6.54 Å². The molecule has 3 heteroatoms. The Morgan fingerprint density at radius 3 is 1.75 bits per heavy atom. The Morgan fingerprint density at radius 1 is 1.75 bits per heavy atom. The Kier molecular flexibility index (Phi) is 21.0. The van der Waals surface area contributed by atoms with Gasteiger partial charge in [0.2, 0.25) is 0 Å². The van der Waals surface area contributed by atoms with Gasteiger partial charge >= 0.3 is 29.6 Å². The van der Waals surface area contributed by atoms with Gasteiger partial charge in [-0.1, -0.05) is 0 Å². The van der Waals surface area contributed by atoms with Crippen LogP contribution in [0.4, 0.5) is 4.39 Å². The molecule has 0 saturated carbocycles. The van der Waals surface area contributed by atoms with Crippen molar-refractivity contribution < 1.29 is 9.18 Å². The third kappa shape index (κ3) is 18.5. The zero-order valence-electron chi connectivity index (χ0n) is 1.36. The van der Waals surface area contributed by atoms with Crippen molar-refractivity contribution in [3.8, 4) is 0 Å². The molecule has 0 aliphatic carbocycles. The van der Waals surface area contributed by atoms with E-state index < -0.39 is 6.54 Å². The standard InChI is InChI=1S/CHFO.Na.H/c2-1-3;;/h1H;;. The molecule has 0 N–H and O–H groups in total. The van der Waals surface area contributed by atoms with Crippen molar-refractivity contribution in [2.45, 2.75) is 0 Å². The fourth-order valence-electron chi connectivity index (χ4n) is 0. The minimum atomic E-state index is -0.750. The van der Waals surface area contributed by atoms with Crippen LogP contribution < -0.4 is 0 Å². The Labute approximate surface area is 45.5 Å². The predicted octanol–water partition coefficient (Wildman–Crippen LogP) is -0.502. The van der Waals surface area contributed by atoms with Crippen molar-refractivity contribution in [2.24, 2.45) is 0 Å². The van der Waals surface area contributed by atoms with Crippen LogP contribution in [0.5, 0.6) is 0 Å². The van der Waals surface area contributed by atoms with Gasteiger partial charge in [0, 0.05) is 0 Å². The molecule has 0 radical (unpaired) electrons. The van der Waals surface area contributed by atoms with Crippen LogP contribution in [0.25, 0.3) is 0 Å². The maximum absolute atomic E-state index is 9.61. The number of halogens is 1. The first-order valence-corrected chi connectivity index (χ1v) is 0.454. The van der Waals surface area contributed by atoms with Crippen LogP contribution in [-0.2, 0) is 4.79 Å². The Morgan fingerprint density at radius 2 is 1.75 bits per heavy atom. The number of hydrogen-bond donors (Lipinski definition) is 0. The average Bonchev–Trinajstić information content (AvgIpc) is 0.918. The first kappa shape index (κ1) is 8.82. The number of carbonyl (C=O) groups excluding carboxylic acids is 1. The van der Waals surface area contributed by atoms with Gasteiger partial charge < -0.3 is 0 Å². The van der Waals surface area contributed by atoms with Gasteiger partial charge in [-0.2, -0.15) is 4.39 Å². The number of hydrogen-bond acceptors (Lipinski definition) is 1. The van der Waals surface area contributed by atoms with E-state index in [1.807, 2.05) is 0 Å². The maximum atomic E-state index is 9.61. The van der Waals surface area contributed by atoms with Gasteiger partial charge in [-0.25, -0.2) is 0 Å². The first-order chi connectivity index (χ1) is 1.41. The molecule has 0 heterocycles. The van der Waals surface area contributed by atoms with Crippen LogP contribution in [0.2, 0.25) is 0 Å². The summed E-state index contributed by atoms with van der Waals surface area (Å²) < 4.78 is 9.61. The summed E-state index contributed by atoms with van der Waals surface area (Å²) in [6.45, 7) is -0.750. The van der Waals surface area contributed by atoms with Gasteiger partial charge in [0.05, 0.1) is 0 Å². The van der Waals surface area contributed by atoms with Gasteiger partial charge in [0.1, 0.15) is 0 Å². The molecule has 0 bridgehead atoms. The number of rotatable bonds is 0. The zero-order valence-corrected chi connectivity index (χ0v) is 1.36. The van der Waals surface area contributed by atoms with E-state index in [1.54, 1.807) is 0 Å². The summed E-state index contributed by atoms with van der Waals surface area (Å²) >= 11 is 0. The van der Waals surface area contributed by atoms with Gasteiger partial charge in [0.15, 0.2) is 0 Å². The monoisotopic (exact) mass is 72.0 g/mol. The third-order valence-electron chi connectivity index (χ3n) is 0. The molecule has 0 aliphatic heterocycles. The van der Waals surface area contributed by atoms with E-state index in [0.717, 1.165) is 0 Å². The summed E-state index contributed by atoms with van der Waals surface area (Å²) in [5, 5.41) is 0. The second kappa shape index (κ2) is 9.51. The molecule has 0 fully saturated rings. The fourth-order valence-corrected chi connectivity index (χ4v) is 0. The summed E-state index contributed by atoms with van der Waals surface area (Å²) in [6.07, 6.45) is 0. The van der Waals surface area contributed by atoms with Crippen molar-refractivity contribution in [1.82, 2.24) is 0 Å².